The summed E-state index contributed by atoms with van der Waals surface area (Å²) in [4.78, 5) is 16.2. The van der Waals surface area contributed by atoms with Crippen molar-refractivity contribution in [2.75, 3.05) is 5.32 Å². The van der Waals surface area contributed by atoms with Crippen molar-refractivity contribution in [3.8, 4) is 11.3 Å². The standard InChI is InChI=1S/C16H13FN4OS/c1-21-9-11(8-18-21)2-7-15(22)20-16-19-14(10-23-16)12-3-5-13(17)6-4-12/h2-10H,1H3,(H,19,20,22)/b7-2+. The SMILES string of the molecule is Cn1cc(/C=C/C(=O)Nc2nc(-c3ccc(F)cc3)cs2)cn1. The van der Waals surface area contributed by atoms with Crippen molar-refractivity contribution in [1.82, 2.24) is 14.8 Å². The molecule has 1 amide bonds. The number of halogens is 1. The summed E-state index contributed by atoms with van der Waals surface area (Å²) in [6.07, 6.45) is 6.58. The third-order valence-corrected chi connectivity index (χ3v) is 3.78. The van der Waals surface area contributed by atoms with Gasteiger partial charge in [-0.05, 0) is 30.3 Å². The normalized spacial score (nSPS) is 11.0. The van der Waals surface area contributed by atoms with Gasteiger partial charge in [-0.1, -0.05) is 0 Å². The number of rotatable bonds is 4. The highest BCUT2D eigenvalue weighted by Gasteiger charge is 2.06. The second kappa shape index (κ2) is 6.53. The molecular weight excluding hydrogens is 315 g/mol. The Morgan fingerprint density at radius 2 is 2.13 bits per heavy atom. The Morgan fingerprint density at radius 3 is 2.83 bits per heavy atom. The van der Waals surface area contributed by atoms with Crippen LogP contribution in [0.2, 0.25) is 0 Å². The maximum absolute atomic E-state index is 12.9. The van der Waals surface area contributed by atoms with Crippen LogP contribution in [0.3, 0.4) is 0 Å². The molecule has 7 heteroatoms. The third-order valence-electron chi connectivity index (χ3n) is 3.03. The molecule has 5 nitrogen and oxygen atoms in total. The Bertz CT molecular complexity index is 851. The zero-order valence-corrected chi connectivity index (χ0v) is 13.0. The molecule has 2 aromatic heterocycles. The van der Waals surface area contributed by atoms with Crippen molar-refractivity contribution in [2.24, 2.45) is 7.05 Å². The summed E-state index contributed by atoms with van der Waals surface area (Å²) in [6.45, 7) is 0. The van der Waals surface area contributed by atoms with Crippen LogP contribution in [0.25, 0.3) is 17.3 Å². The second-order valence-corrected chi connectivity index (χ2v) is 5.67. The van der Waals surface area contributed by atoms with E-state index in [4.69, 9.17) is 0 Å². The Hall–Kier alpha value is -2.80. The summed E-state index contributed by atoms with van der Waals surface area (Å²) in [6, 6.07) is 6.06. The molecule has 0 aliphatic rings. The molecule has 1 N–H and O–H groups in total. The molecule has 3 rings (SSSR count). The summed E-state index contributed by atoms with van der Waals surface area (Å²) < 4.78 is 14.6. The van der Waals surface area contributed by atoms with Crippen LogP contribution in [0.15, 0.2) is 48.1 Å². The number of carbonyl (C=O) groups is 1. The van der Waals surface area contributed by atoms with Gasteiger partial charge in [-0.3, -0.25) is 14.8 Å². The lowest BCUT2D eigenvalue weighted by Crippen LogP contribution is -2.07. The molecule has 0 fully saturated rings. The van der Waals surface area contributed by atoms with Crippen molar-refractivity contribution < 1.29 is 9.18 Å². The lowest BCUT2D eigenvalue weighted by atomic mass is 10.2. The molecule has 0 saturated heterocycles. The Labute approximate surface area is 136 Å². The van der Waals surface area contributed by atoms with E-state index in [9.17, 15) is 9.18 Å². The first-order chi connectivity index (χ1) is 11.1. The molecule has 2 heterocycles. The molecule has 0 spiro atoms. The molecule has 0 atom stereocenters. The molecule has 0 aliphatic heterocycles. The number of hydrogen-bond donors (Lipinski definition) is 1. The van der Waals surface area contributed by atoms with E-state index in [1.807, 2.05) is 12.4 Å². The minimum Gasteiger partial charge on any atom is -0.298 e. The van der Waals surface area contributed by atoms with Crippen molar-refractivity contribution in [2.45, 2.75) is 0 Å². The van der Waals surface area contributed by atoms with E-state index >= 15 is 0 Å². The van der Waals surface area contributed by atoms with Gasteiger partial charge in [0.2, 0.25) is 5.91 Å². The average molecular weight is 328 g/mol. The van der Waals surface area contributed by atoms with E-state index in [1.54, 1.807) is 35.3 Å². The molecule has 0 unspecified atom stereocenters. The second-order valence-electron chi connectivity index (χ2n) is 4.81. The summed E-state index contributed by atoms with van der Waals surface area (Å²) in [7, 11) is 1.81. The number of thiazole rings is 1. The van der Waals surface area contributed by atoms with Crippen molar-refractivity contribution in [1.29, 1.82) is 0 Å². The van der Waals surface area contributed by atoms with E-state index in [1.165, 1.54) is 29.5 Å². The molecule has 1 aromatic carbocycles. The van der Waals surface area contributed by atoms with Gasteiger partial charge in [-0.2, -0.15) is 5.10 Å². The van der Waals surface area contributed by atoms with Crippen LogP contribution in [0, 0.1) is 5.82 Å². The van der Waals surface area contributed by atoms with Crippen LogP contribution in [-0.4, -0.2) is 20.7 Å². The molecule has 23 heavy (non-hydrogen) atoms. The quantitative estimate of drug-likeness (QED) is 0.747. The topological polar surface area (TPSA) is 59.8 Å². The maximum Gasteiger partial charge on any atom is 0.250 e. The van der Waals surface area contributed by atoms with Gasteiger partial charge in [0.1, 0.15) is 5.82 Å². The number of hydrogen-bond acceptors (Lipinski definition) is 4. The van der Waals surface area contributed by atoms with Crippen molar-refractivity contribution in [3.63, 3.8) is 0 Å². The van der Waals surface area contributed by atoms with Gasteiger partial charge in [0.05, 0.1) is 11.9 Å². The number of aryl methyl sites for hydroxylation is 1. The number of anilines is 1. The fourth-order valence-electron chi connectivity index (χ4n) is 1.93. The number of carbonyl (C=O) groups excluding carboxylic acids is 1. The van der Waals surface area contributed by atoms with Gasteiger partial charge in [0.15, 0.2) is 5.13 Å². The summed E-state index contributed by atoms with van der Waals surface area (Å²) in [5.41, 5.74) is 2.34. The summed E-state index contributed by atoms with van der Waals surface area (Å²) >= 11 is 1.32. The first-order valence-electron chi connectivity index (χ1n) is 6.79. The van der Waals surface area contributed by atoms with Crippen LogP contribution in [-0.2, 0) is 11.8 Å². The summed E-state index contributed by atoms with van der Waals surface area (Å²) in [5.74, 6) is -0.563. The highest BCUT2D eigenvalue weighted by molar-refractivity contribution is 7.14. The van der Waals surface area contributed by atoms with Crippen molar-refractivity contribution >= 4 is 28.5 Å². The number of amides is 1. The number of nitrogens with zero attached hydrogens (tertiary/aromatic N) is 3. The van der Waals surface area contributed by atoms with Crippen LogP contribution >= 0.6 is 11.3 Å². The van der Waals surface area contributed by atoms with E-state index in [-0.39, 0.29) is 11.7 Å². The first-order valence-corrected chi connectivity index (χ1v) is 7.67. The zero-order valence-electron chi connectivity index (χ0n) is 12.2. The Morgan fingerprint density at radius 1 is 1.35 bits per heavy atom. The molecule has 0 aliphatic carbocycles. The number of nitrogens with one attached hydrogen (secondary N) is 1. The minimum atomic E-state index is -0.293. The van der Waals surface area contributed by atoms with Crippen molar-refractivity contribution in [3.05, 3.63) is 59.5 Å². The van der Waals surface area contributed by atoms with Gasteiger partial charge >= 0.3 is 0 Å². The van der Waals surface area contributed by atoms with Gasteiger partial charge in [0.25, 0.3) is 0 Å². The maximum atomic E-state index is 12.9. The van der Waals surface area contributed by atoms with E-state index in [0.29, 0.717) is 10.8 Å². The Balaban J connectivity index is 1.65. The number of benzene rings is 1. The smallest absolute Gasteiger partial charge is 0.250 e. The van der Waals surface area contributed by atoms with E-state index in [2.05, 4.69) is 15.4 Å². The minimum absolute atomic E-state index is 0.270. The predicted molar refractivity (Wildman–Crippen MR) is 88.4 cm³/mol. The molecular formula is C16H13FN4OS. The molecule has 0 saturated carbocycles. The van der Waals surface area contributed by atoms with Gasteiger partial charge in [-0.15, -0.1) is 11.3 Å². The van der Waals surface area contributed by atoms with E-state index < -0.39 is 0 Å². The van der Waals surface area contributed by atoms with Gasteiger partial charge in [0, 0.05) is 35.8 Å². The van der Waals surface area contributed by atoms with Crippen LogP contribution in [0.5, 0.6) is 0 Å². The highest BCUT2D eigenvalue weighted by atomic mass is 32.1. The van der Waals surface area contributed by atoms with E-state index in [0.717, 1.165) is 11.1 Å². The predicted octanol–water partition coefficient (Wildman–Crippen LogP) is 3.33. The average Bonchev–Trinajstić information content (AvgIpc) is 3.15. The van der Waals surface area contributed by atoms with Crippen LogP contribution < -0.4 is 5.32 Å². The fourth-order valence-corrected chi connectivity index (χ4v) is 2.65. The van der Waals surface area contributed by atoms with Crippen LogP contribution in [0.1, 0.15) is 5.56 Å². The largest absolute Gasteiger partial charge is 0.298 e. The Kier molecular flexibility index (Phi) is 4.29. The molecule has 0 bridgehead atoms. The molecule has 116 valence electrons. The summed E-state index contributed by atoms with van der Waals surface area (Å²) in [5, 5.41) is 9.02. The molecule has 3 aromatic rings. The molecule has 0 radical (unpaired) electrons. The van der Waals surface area contributed by atoms with Gasteiger partial charge in [-0.25, -0.2) is 9.37 Å². The zero-order chi connectivity index (χ0) is 16.2. The fraction of sp³-hybridized carbons (Fsp3) is 0.0625. The lowest BCUT2D eigenvalue weighted by molar-refractivity contribution is -0.111. The first kappa shape index (κ1) is 15.1. The lowest BCUT2D eigenvalue weighted by Gasteiger charge is -1.97. The van der Waals surface area contributed by atoms with Crippen LogP contribution in [0.4, 0.5) is 9.52 Å². The van der Waals surface area contributed by atoms with Gasteiger partial charge < -0.3 is 0 Å². The monoisotopic (exact) mass is 328 g/mol. The third kappa shape index (κ3) is 3.89. The highest BCUT2D eigenvalue weighted by Crippen LogP contribution is 2.25. The number of aromatic nitrogens is 3.